The van der Waals surface area contributed by atoms with E-state index in [0.29, 0.717) is 0 Å². The van der Waals surface area contributed by atoms with Crippen LogP contribution in [0.1, 0.15) is 6.42 Å². The Balaban J connectivity index is 1.76. The van der Waals surface area contributed by atoms with Gasteiger partial charge in [-0.25, -0.2) is 0 Å². The standard InChI is InChI=1S/C9H17N3/c1-11-4-2-9(6-11)7-12-5-3-10-8-12/h8-9H,2-7H2,1H3. The minimum Gasteiger partial charge on any atom is -0.361 e. The molecule has 0 aromatic rings. The molecule has 3 heteroatoms. The van der Waals surface area contributed by atoms with E-state index in [2.05, 4.69) is 21.8 Å². The van der Waals surface area contributed by atoms with E-state index in [1.165, 1.54) is 26.1 Å². The molecule has 0 saturated carbocycles. The molecule has 2 heterocycles. The van der Waals surface area contributed by atoms with E-state index in [1.54, 1.807) is 0 Å². The van der Waals surface area contributed by atoms with Crippen LogP contribution in [0.5, 0.6) is 0 Å². The molecule has 0 bridgehead atoms. The van der Waals surface area contributed by atoms with E-state index in [4.69, 9.17) is 0 Å². The van der Waals surface area contributed by atoms with Crippen LogP contribution in [0.4, 0.5) is 0 Å². The second-order valence-electron chi connectivity index (χ2n) is 3.93. The van der Waals surface area contributed by atoms with Crippen molar-refractivity contribution in [2.45, 2.75) is 6.42 Å². The summed E-state index contributed by atoms with van der Waals surface area (Å²) in [5.74, 6) is 0.875. The molecule has 0 spiro atoms. The molecule has 0 N–H and O–H groups in total. The van der Waals surface area contributed by atoms with Crippen molar-refractivity contribution in [1.29, 1.82) is 0 Å². The van der Waals surface area contributed by atoms with Crippen LogP contribution < -0.4 is 0 Å². The minimum atomic E-state index is 0.875. The molecule has 1 atom stereocenters. The van der Waals surface area contributed by atoms with Gasteiger partial charge in [-0.1, -0.05) is 0 Å². The predicted molar refractivity (Wildman–Crippen MR) is 50.5 cm³/mol. The Labute approximate surface area is 74.1 Å². The SMILES string of the molecule is CN1CCC(CN2C=NCC2)C1. The van der Waals surface area contributed by atoms with Gasteiger partial charge in [-0.2, -0.15) is 0 Å². The first kappa shape index (κ1) is 8.05. The average Bonchev–Trinajstić information content (AvgIpc) is 2.63. The fourth-order valence-electron chi connectivity index (χ4n) is 2.06. The molecule has 0 aromatic carbocycles. The second-order valence-corrected chi connectivity index (χ2v) is 3.93. The zero-order valence-corrected chi connectivity index (χ0v) is 7.74. The first-order chi connectivity index (χ1) is 5.84. The molecule has 1 fully saturated rings. The maximum Gasteiger partial charge on any atom is 0.0851 e. The fourth-order valence-corrected chi connectivity index (χ4v) is 2.06. The van der Waals surface area contributed by atoms with Gasteiger partial charge in [0.1, 0.15) is 0 Å². The van der Waals surface area contributed by atoms with E-state index in [0.717, 1.165) is 19.0 Å². The summed E-state index contributed by atoms with van der Waals surface area (Å²) < 4.78 is 0. The summed E-state index contributed by atoms with van der Waals surface area (Å²) in [5, 5.41) is 0. The highest BCUT2D eigenvalue weighted by Gasteiger charge is 2.21. The Morgan fingerprint density at radius 2 is 2.42 bits per heavy atom. The van der Waals surface area contributed by atoms with Gasteiger partial charge in [-0.3, -0.25) is 4.99 Å². The number of aliphatic imine (C=N–C) groups is 1. The number of likely N-dealkylation sites (tertiary alicyclic amines) is 1. The molecule has 12 heavy (non-hydrogen) atoms. The highest BCUT2D eigenvalue weighted by molar-refractivity contribution is 5.56. The van der Waals surface area contributed by atoms with E-state index >= 15 is 0 Å². The third kappa shape index (κ3) is 1.78. The maximum atomic E-state index is 4.21. The Bertz CT molecular complexity index is 179. The lowest BCUT2D eigenvalue weighted by molar-refractivity contribution is 0.345. The van der Waals surface area contributed by atoms with Gasteiger partial charge in [-0.15, -0.1) is 0 Å². The predicted octanol–water partition coefficient (Wildman–Crippen LogP) is 0.282. The molecule has 2 rings (SSSR count). The Morgan fingerprint density at radius 1 is 1.50 bits per heavy atom. The van der Waals surface area contributed by atoms with Gasteiger partial charge in [0.05, 0.1) is 12.9 Å². The molecule has 0 radical (unpaired) electrons. The summed E-state index contributed by atoms with van der Waals surface area (Å²) in [6.45, 7) is 5.90. The van der Waals surface area contributed by atoms with Crippen LogP contribution in [-0.4, -0.2) is 55.9 Å². The van der Waals surface area contributed by atoms with Gasteiger partial charge in [-0.05, 0) is 25.9 Å². The number of hydrogen-bond acceptors (Lipinski definition) is 3. The monoisotopic (exact) mass is 167 g/mol. The lowest BCUT2D eigenvalue weighted by atomic mass is 10.1. The third-order valence-corrected chi connectivity index (χ3v) is 2.74. The van der Waals surface area contributed by atoms with Crippen LogP contribution in [0.15, 0.2) is 4.99 Å². The van der Waals surface area contributed by atoms with Gasteiger partial charge in [0, 0.05) is 19.6 Å². The van der Waals surface area contributed by atoms with Crippen molar-refractivity contribution in [3.8, 4) is 0 Å². The van der Waals surface area contributed by atoms with E-state index in [9.17, 15) is 0 Å². The zero-order valence-electron chi connectivity index (χ0n) is 7.74. The zero-order chi connectivity index (χ0) is 8.39. The third-order valence-electron chi connectivity index (χ3n) is 2.74. The Morgan fingerprint density at radius 3 is 3.00 bits per heavy atom. The van der Waals surface area contributed by atoms with Crippen molar-refractivity contribution >= 4 is 6.34 Å². The smallest absolute Gasteiger partial charge is 0.0851 e. The summed E-state index contributed by atoms with van der Waals surface area (Å²) in [4.78, 5) is 8.98. The van der Waals surface area contributed by atoms with Crippen molar-refractivity contribution < 1.29 is 0 Å². The summed E-state index contributed by atoms with van der Waals surface area (Å²) in [6.07, 6.45) is 3.37. The molecule has 2 aliphatic heterocycles. The molecule has 0 amide bonds. The van der Waals surface area contributed by atoms with Gasteiger partial charge >= 0.3 is 0 Å². The molecule has 0 aliphatic carbocycles. The lowest BCUT2D eigenvalue weighted by Crippen LogP contribution is -2.28. The van der Waals surface area contributed by atoms with Gasteiger partial charge in [0.25, 0.3) is 0 Å². The first-order valence-corrected chi connectivity index (χ1v) is 4.77. The van der Waals surface area contributed by atoms with Crippen LogP contribution >= 0.6 is 0 Å². The van der Waals surface area contributed by atoms with Crippen molar-refractivity contribution in [3.05, 3.63) is 0 Å². The first-order valence-electron chi connectivity index (χ1n) is 4.77. The van der Waals surface area contributed by atoms with Crippen molar-refractivity contribution in [1.82, 2.24) is 9.80 Å². The van der Waals surface area contributed by atoms with Crippen LogP contribution in [0, 0.1) is 5.92 Å². The Kier molecular flexibility index (Phi) is 2.30. The van der Waals surface area contributed by atoms with E-state index < -0.39 is 0 Å². The minimum absolute atomic E-state index is 0.875. The molecular formula is C9H17N3. The van der Waals surface area contributed by atoms with Crippen LogP contribution in [0.3, 0.4) is 0 Å². The molecule has 68 valence electrons. The normalized spacial score (nSPS) is 30.4. The molecule has 3 nitrogen and oxygen atoms in total. The molecular weight excluding hydrogens is 150 g/mol. The van der Waals surface area contributed by atoms with E-state index in [-0.39, 0.29) is 0 Å². The molecule has 1 saturated heterocycles. The van der Waals surface area contributed by atoms with Gasteiger partial charge < -0.3 is 9.80 Å². The summed E-state index contributed by atoms with van der Waals surface area (Å²) >= 11 is 0. The quantitative estimate of drug-likeness (QED) is 0.588. The maximum absolute atomic E-state index is 4.21. The van der Waals surface area contributed by atoms with E-state index in [1.807, 2.05) is 6.34 Å². The average molecular weight is 167 g/mol. The van der Waals surface area contributed by atoms with Crippen LogP contribution in [0.2, 0.25) is 0 Å². The number of nitrogens with zero attached hydrogens (tertiary/aromatic N) is 3. The summed E-state index contributed by atoms with van der Waals surface area (Å²) in [7, 11) is 2.21. The molecule has 1 unspecified atom stereocenters. The summed E-state index contributed by atoms with van der Waals surface area (Å²) in [6, 6.07) is 0. The second kappa shape index (κ2) is 3.44. The van der Waals surface area contributed by atoms with Crippen LogP contribution in [0.25, 0.3) is 0 Å². The largest absolute Gasteiger partial charge is 0.361 e. The number of rotatable bonds is 2. The molecule has 0 aromatic heterocycles. The van der Waals surface area contributed by atoms with Gasteiger partial charge in [0.15, 0.2) is 0 Å². The highest BCUT2D eigenvalue weighted by atomic mass is 15.2. The fraction of sp³-hybridized carbons (Fsp3) is 0.889. The lowest BCUT2D eigenvalue weighted by Gasteiger charge is -2.18. The topological polar surface area (TPSA) is 18.8 Å². The van der Waals surface area contributed by atoms with Gasteiger partial charge in [0.2, 0.25) is 0 Å². The number of hydrogen-bond donors (Lipinski definition) is 0. The Hall–Kier alpha value is -0.570. The molecule has 2 aliphatic rings. The van der Waals surface area contributed by atoms with Crippen molar-refractivity contribution in [2.75, 3.05) is 39.8 Å². The van der Waals surface area contributed by atoms with Crippen molar-refractivity contribution in [3.63, 3.8) is 0 Å². The highest BCUT2D eigenvalue weighted by Crippen LogP contribution is 2.15. The van der Waals surface area contributed by atoms with Crippen LogP contribution in [-0.2, 0) is 0 Å². The van der Waals surface area contributed by atoms with Crippen molar-refractivity contribution in [2.24, 2.45) is 10.9 Å². The summed E-state index contributed by atoms with van der Waals surface area (Å²) in [5.41, 5.74) is 0.